The minimum Gasteiger partial charge on any atom is -0.411 e. The van der Waals surface area contributed by atoms with Gasteiger partial charge in [-0.15, -0.1) is 0 Å². The molecular weight excluding hydrogens is 1820 g/mol. The Morgan fingerprint density at radius 1 is 0.124 bits per heavy atom. The van der Waals surface area contributed by atoms with E-state index in [0.717, 1.165) is 52.4 Å². The molecule has 0 aromatic carbocycles. The molecule has 0 aliphatic carbocycles. The van der Waals surface area contributed by atoms with Crippen LogP contribution in [0.1, 0.15) is 620 Å². The molecule has 0 radical (unpaired) electrons. The van der Waals surface area contributed by atoms with Crippen molar-refractivity contribution in [3.05, 3.63) is 0 Å². The Morgan fingerprint density at radius 2 is 0.182 bits per heavy atom. The molecule has 0 saturated carbocycles. The summed E-state index contributed by atoms with van der Waals surface area (Å²) in [5.41, 5.74) is 0. The Labute approximate surface area is 828 Å². The summed E-state index contributed by atoms with van der Waals surface area (Å²) in [5.74, 6) is 0. The maximum atomic E-state index is 5.32. The standard InChI is InChI=1S/4C27H55NS2.Pb/c4*1-3-5-7-9-11-13-15-17-19-21-23-25-28(27(29)30)26-24-22-20-18-16-14-12-10-8-6-4-2;/h4*3-26H2,1-2H3,(H,29,30);/q;;;;+4/p-4. The van der Waals surface area contributed by atoms with Crippen molar-refractivity contribution < 1.29 is 0 Å². The minimum atomic E-state index is 0. The smallest absolute Gasteiger partial charge is 0.411 e. The summed E-state index contributed by atoms with van der Waals surface area (Å²) in [7, 11) is 0. The van der Waals surface area contributed by atoms with Crippen LogP contribution in [-0.4, -0.2) is 117 Å². The molecular formula is C108H216N4PbS8. The molecule has 0 spiro atoms. The van der Waals surface area contributed by atoms with Crippen LogP contribution in [-0.2, 0) is 50.5 Å². The van der Waals surface area contributed by atoms with Crippen molar-refractivity contribution >= 4 is 144 Å². The van der Waals surface area contributed by atoms with E-state index in [0.29, 0.717) is 17.3 Å². The van der Waals surface area contributed by atoms with E-state index in [4.69, 9.17) is 99.4 Å². The van der Waals surface area contributed by atoms with Gasteiger partial charge in [0, 0.05) is 52.4 Å². The summed E-state index contributed by atoms with van der Waals surface area (Å²) in [6.07, 6.45) is 123. The van der Waals surface area contributed by atoms with E-state index in [2.05, 4.69) is 75.0 Å². The Kier molecular flexibility index (Phi) is 129. The quantitative estimate of drug-likeness (QED) is 0.0249. The molecule has 13 heteroatoms. The van der Waals surface area contributed by atoms with Gasteiger partial charge in [-0.05, 0) is 51.4 Å². The molecule has 4 nitrogen and oxygen atoms in total. The van der Waals surface area contributed by atoms with Gasteiger partial charge in [-0.2, -0.15) is 0 Å². The third-order valence-electron chi connectivity index (χ3n) is 25.3. The Morgan fingerprint density at radius 3 is 0.240 bits per heavy atom. The van der Waals surface area contributed by atoms with E-state index in [1.807, 2.05) is 0 Å². The molecule has 121 heavy (non-hydrogen) atoms. The molecule has 0 aliphatic rings. The molecule has 0 aliphatic heterocycles. The van der Waals surface area contributed by atoms with E-state index in [9.17, 15) is 0 Å². The van der Waals surface area contributed by atoms with Gasteiger partial charge in [0.15, 0.2) is 0 Å². The first-order valence-corrected chi connectivity index (χ1v) is 58.0. The second-order valence-corrected chi connectivity index (χ2v) is 41.4. The van der Waals surface area contributed by atoms with Crippen LogP contribution in [0.3, 0.4) is 0 Å². The van der Waals surface area contributed by atoms with Crippen molar-refractivity contribution in [2.75, 3.05) is 52.4 Å². The van der Waals surface area contributed by atoms with E-state index in [1.165, 1.54) is 565 Å². The summed E-state index contributed by atoms with van der Waals surface area (Å²) in [6.45, 7) is 27.0. The predicted octanol–water partition coefficient (Wildman–Crippen LogP) is 38.6. The summed E-state index contributed by atoms with van der Waals surface area (Å²) in [5, 5.41) is 0. The van der Waals surface area contributed by atoms with Crippen LogP contribution in [0.5, 0.6) is 0 Å². The first-order chi connectivity index (χ1) is 58.9. The van der Waals surface area contributed by atoms with Gasteiger partial charge in [0.2, 0.25) is 0 Å². The van der Waals surface area contributed by atoms with Gasteiger partial charge in [-0.1, -0.05) is 586 Å². The molecule has 0 rings (SSSR count). The SMILES string of the molecule is CCCCCCCCCCCCCN(CCCCCCCCCCCCC)C(=S)[S-].CCCCCCCCCCCCCN(CCCCCCCCCCCCC)C(=S)[S-].CCCCCCCCCCCCCN(CCCCCCCCCCCCC)C(=S)[S-].CCCCCCCCCCCCCN(CCCCCCCCCCCCC)C(=S)[S-].[Pb+4]. The fraction of sp³-hybridized carbons (Fsp3) is 0.963. The van der Waals surface area contributed by atoms with Crippen molar-refractivity contribution in [2.24, 2.45) is 0 Å². The second-order valence-electron chi connectivity index (χ2n) is 37.3. The summed E-state index contributed by atoms with van der Waals surface area (Å²) in [6, 6.07) is 0. The van der Waals surface area contributed by atoms with E-state index < -0.39 is 0 Å². The van der Waals surface area contributed by atoms with Crippen molar-refractivity contribution in [3.8, 4) is 0 Å². The molecule has 0 N–H and O–H groups in total. The zero-order valence-electron chi connectivity index (χ0n) is 83.4. The number of hydrogen-bond donors (Lipinski definition) is 0. The van der Waals surface area contributed by atoms with E-state index in [-0.39, 0.29) is 27.3 Å². The summed E-state index contributed by atoms with van der Waals surface area (Å²) < 4.78 is 2.76. The van der Waals surface area contributed by atoms with Crippen LogP contribution >= 0.6 is 48.9 Å². The van der Waals surface area contributed by atoms with Gasteiger partial charge in [-0.25, -0.2) is 0 Å². The zero-order chi connectivity index (χ0) is 88.5. The largest absolute Gasteiger partial charge is 4.00 e. The van der Waals surface area contributed by atoms with Crippen LogP contribution < -0.4 is 0 Å². The molecule has 0 saturated heterocycles. The van der Waals surface area contributed by atoms with Crippen molar-refractivity contribution in [3.63, 3.8) is 0 Å². The van der Waals surface area contributed by atoms with Gasteiger partial charge in [-0.3, -0.25) is 0 Å². The third kappa shape index (κ3) is 117. The minimum absolute atomic E-state index is 0. The monoisotopic (exact) mass is 2030 g/mol. The maximum absolute atomic E-state index is 5.32. The molecule has 0 aromatic rings. The first-order valence-electron chi connectivity index (χ1n) is 54.7. The predicted molar refractivity (Wildman–Crippen MR) is 584 cm³/mol. The topological polar surface area (TPSA) is 13.0 Å². The molecule has 0 atom stereocenters. The Hall–Kier alpha value is 1.36. The summed E-state index contributed by atoms with van der Waals surface area (Å²) >= 11 is 42.5. The molecule has 0 unspecified atom stereocenters. The molecule has 0 bridgehead atoms. The average Bonchev–Trinajstić information content (AvgIpc) is 0.984. The van der Waals surface area contributed by atoms with Crippen molar-refractivity contribution in [1.29, 1.82) is 0 Å². The maximum Gasteiger partial charge on any atom is 4.00 e. The Bertz CT molecular complexity index is 1550. The fourth-order valence-corrected chi connectivity index (χ4v) is 18.4. The second kappa shape index (κ2) is 119. The fourth-order valence-electron chi connectivity index (χ4n) is 16.9. The van der Waals surface area contributed by atoms with Crippen LogP contribution in [0.25, 0.3) is 0 Å². The molecule has 0 heterocycles. The zero-order valence-corrected chi connectivity index (χ0v) is 93.9. The van der Waals surface area contributed by atoms with Crippen LogP contribution in [0.4, 0.5) is 0 Å². The molecule has 720 valence electrons. The summed E-state index contributed by atoms with van der Waals surface area (Å²) in [4.78, 5) is 9.14. The van der Waals surface area contributed by atoms with Crippen LogP contribution in [0.15, 0.2) is 0 Å². The number of thiocarbonyl (C=S) groups is 4. The molecule has 0 fully saturated rings. The van der Waals surface area contributed by atoms with Gasteiger partial charge in [0.1, 0.15) is 0 Å². The van der Waals surface area contributed by atoms with Crippen molar-refractivity contribution in [2.45, 2.75) is 620 Å². The molecule has 0 amide bonds. The first kappa shape index (κ1) is 131. The number of hydrogen-bond acceptors (Lipinski definition) is 8. The number of nitrogens with zero attached hydrogens (tertiary/aromatic N) is 4. The van der Waals surface area contributed by atoms with Crippen molar-refractivity contribution in [1.82, 2.24) is 19.6 Å². The average molecular weight is 2030 g/mol. The Balaban J connectivity index is -0.000000493. The van der Waals surface area contributed by atoms with Crippen LogP contribution in [0, 0.1) is 0 Å². The third-order valence-corrected chi connectivity index (χ3v) is 27.4. The normalized spacial score (nSPS) is 11.0. The number of rotatable bonds is 96. The van der Waals surface area contributed by atoms with Gasteiger partial charge < -0.3 is 119 Å². The van der Waals surface area contributed by atoms with E-state index >= 15 is 0 Å². The van der Waals surface area contributed by atoms with Crippen LogP contribution in [0.2, 0.25) is 0 Å². The van der Waals surface area contributed by atoms with Gasteiger partial charge in [0.25, 0.3) is 0 Å². The molecule has 0 aromatic heterocycles. The van der Waals surface area contributed by atoms with E-state index in [1.54, 1.807) is 0 Å². The van der Waals surface area contributed by atoms with Gasteiger partial charge in [0.05, 0.1) is 0 Å². The number of unbranched alkanes of at least 4 members (excludes halogenated alkanes) is 80. The van der Waals surface area contributed by atoms with Gasteiger partial charge >= 0.3 is 27.3 Å².